The largest absolute Gasteiger partial charge is 0.493 e. The Morgan fingerprint density at radius 2 is 1.85 bits per heavy atom. The highest BCUT2D eigenvalue weighted by atomic mass is 32.1. The SMILES string of the molecule is CC(C)COc1ccc(-c2nc3s/c(=C/c4ccccc4)c(=O)n3n2)cc1. The molecule has 0 unspecified atom stereocenters. The van der Waals surface area contributed by atoms with E-state index in [1.54, 1.807) is 0 Å². The van der Waals surface area contributed by atoms with Crippen molar-refractivity contribution in [3.05, 3.63) is 75.0 Å². The summed E-state index contributed by atoms with van der Waals surface area (Å²) in [6.45, 7) is 4.90. The van der Waals surface area contributed by atoms with Crippen molar-refractivity contribution < 1.29 is 4.74 Å². The normalized spacial score (nSPS) is 12.2. The Kier molecular flexibility index (Phi) is 4.73. The first-order valence-corrected chi connectivity index (χ1v) is 9.61. The van der Waals surface area contributed by atoms with Crippen LogP contribution in [0.3, 0.4) is 0 Å². The van der Waals surface area contributed by atoms with Crippen LogP contribution in [0.5, 0.6) is 5.75 Å². The van der Waals surface area contributed by atoms with E-state index in [1.165, 1.54) is 15.9 Å². The average molecular weight is 377 g/mol. The maximum absolute atomic E-state index is 12.6. The predicted molar refractivity (Wildman–Crippen MR) is 108 cm³/mol. The molecule has 6 heteroatoms. The molecule has 0 aliphatic heterocycles. The van der Waals surface area contributed by atoms with Crippen LogP contribution in [0.4, 0.5) is 0 Å². The van der Waals surface area contributed by atoms with Gasteiger partial charge in [-0.1, -0.05) is 55.5 Å². The van der Waals surface area contributed by atoms with Gasteiger partial charge >= 0.3 is 0 Å². The topological polar surface area (TPSA) is 56.5 Å². The van der Waals surface area contributed by atoms with Gasteiger partial charge in [-0.2, -0.15) is 9.50 Å². The molecule has 4 aromatic rings. The molecule has 0 fully saturated rings. The van der Waals surface area contributed by atoms with Crippen LogP contribution in [-0.2, 0) is 0 Å². The van der Waals surface area contributed by atoms with Crippen LogP contribution in [0.25, 0.3) is 22.4 Å². The summed E-state index contributed by atoms with van der Waals surface area (Å²) in [5.74, 6) is 1.83. The highest BCUT2D eigenvalue weighted by Crippen LogP contribution is 2.20. The van der Waals surface area contributed by atoms with Crippen molar-refractivity contribution in [1.82, 2.24) is 14.6 Å². The van der Waals surface area contributed by atoms with E-state index in [0.29, 0.717) is 27.8 Å². The van der Waals surface area contributed by atoms with E-state index in [4.69, 9.17) is 4.74 Å². The van der Waals surface area contributed by atoms with Crippen molar-refractivity contribution in [2.45, 2.75) is 13.8 Å². The van der Waals surface area contributed by atoms with Gasteiger partial charge in [0.05, 0.1) is 11.1 Å². The summed E-state index contributed by atoms with van der Waals surface area (Å²) in [5, 5.41) is 4.39. The van der Waals surface area contributed by atoms with Gasteiger partial charge in [-0.05, 0) is 41.8 Å². The van der Waals surface area contributed by atoms with E-state index in [1.807, 2.05) is 60.7 Å². The summed E-state index contributed by atoms with van der Waals surface area (Å²) in [7, 11) is 0. The maximum Gasteiger partial charge on any atom is 0.291 e. The van der Waals surface area contributed by atoms with E-state index in [0.717, 1.165) is 16.9 Å². The van der Waals surface area contributed by atoms with Gasteiger partial charge in [0.2, 0.25) is 4.96 Å². The van der Waals surface area contributed by atoms with E-state index in [-0.39, 0.29) is 5.56 Å². The molecule has 0 atom stereocenters. The molecule has 2 aromatic heterocycles. The average Bonchev–Trinajstić information content (AvgIpc) is 3.21. The van der Waals surface area contributed by atoms with Crippen molar-refractivity contribution in [1.29, 1.82) is 0 Å². The minimum Gasteiger partial charge on any atom is -0.493 e. The molecule has 0 bridgehead atoms. The molecule has 2 heterocycles. The molecule has 5 nitrogen and oxygen atoms in total. The minimum absolute atomic E-state index is 0.144. The molecular weight excluding hydrogens is 358 g/mol. The Balaban J connectivity index is 1.63. The van der Waals surface area contributed by atoms with Crippen molar-refractivity contribution in [2.24, 2.45) is 5.92 Å². The lowest BCUT2D eigenvalue weighted by Crippen LogP contribution is -2.23. The molecule has 0 spiro atoms. The molecule has 0 radical (unpaired) electrons. The zero-order chi connectivity index (χ0) is 18.8. The second-order valence-corrected chi connectivity index (χ2v) is 7.69. The molecule has 27 heavy (non-hydrogen) atoms. The number of thiazole rings is 1. The van der Waals surface area contributed by atoms with Gasteiger partial charge in [0.15, 0.2) is 5.82 Å². The molecule has 0 N–H and O–H groups in total. The summed E-state index contributed by atoms with van der Waals surface area (Å²) >= 11 is 1.35. The Morgan fingerprint density at radius 1 is 1.11 bits per heavy atom. The number of hydrogen-bond acceptors (Lipinski definition) is 5. The molecule has 2 aromatic carbocycles. The van der Waals surface area contributed by atoms with Crippen LogP contribution < -0.4 is 14.8 Å². The fourth-order valence-electron chi connectivity index (χ4n) is 2.62. The van der Waals surface area contributed by atoms with Gasteiger partial charge in [-0.15, -0.1) is 5.10 Å². The number of nitrogens with zero attached hydrogens (tertiary/aromatic N) is 3. The van der Waals surface area contributed by atoms with Crippen LogP contribution in [-0.4, -0.2) is 21.2 Å². The zero-order valence-electron chi connectivity index (χ0n) is 15.1. The standard InChI is InChI=1S/C21H19N3O2S/c1-14(2)13-26-17-10-8-16(9-11-17)19-22-21-24(23-19)20(25)18(27-21)12-15-6-4-3-5-7-15/h3-12,14H,13H2,1-2H3/b18-12+. The first kappa shape index (κ1) is 17.4. The highest BCUT2D eigenvalue weighted by molar-refractivity contribution is 7.15. The van der Waals surface area contributed by atoms with Crippen LogP contribution >= 0.6 is 11.3 Å². The van der Waals surface area contributed by atoms with E-state index in [9.17, 15) is 4.79 Å². The van der Waals surface area contributed by atoms with Gasteiger partial charge in [-0.3, -0.25) is 4.79 Å². The smallest absolute Gasteiger partial charge is 0.291 e. The van der Waals surface area contributed by atoms with Gasteiger partial charge < -0.3 is 4.74 Å². The van der Waals surface area contributed by atoms with Crippen LogP contribution in [0.15, 0.2) is 59.4 Å². The van der Waals surface area contributed by atoms with Crippen LogP contribution in [0.1, 0.15) is 19.4 Å². The van der Waals surface area contributed by atoms with E-state index < -0.39 is 0 Å². The number of hydrogen-bond donors (Lipinski definition) is 0. The molecule has 0 saturated carbocycles. The van der Waals surface area contributed by atoms with Crippen LogP contribution in [0, 0.1) is 5.92 Å². The Hall–Kier alpha value is -2.99. The van der Waals surface area contributed by atoms with Crippen molar-refractivity contribution in [3.63, 3.8) is 0 Å². The number of fused-ring (bicyclic) bond motifs is 1. The first-order valence-electron chi connectivity index (χ1n) is 8.80. The monoisotopic (exact) mass is 377 g/mol. The van der Waals surface area contributed by atoms with Crippen molar-refractivity contribution in [2.75, 3.05) is 6.61 Å². The van der Waals surface area contributed by atoms with E-state index in [2.05, 4.69) is 23.9 Å². The third-order valence-corrected chi connectivity index (χ3v) is 4.93. The Labute approximate surface area is 160 Å². The summed E-state index contributed by atoms with van der Waals surface area (Å²) in [6, 6.07) is 17.4. The van der Waals surface area contributed by atoms with E-state index >= 15 is 0 Å². The number of aromatic nitrogens is 3. The van der Waals surface area contributed by atoms with Gasteiger partial charge in [0, 0.05) is 5.56 Å². The Bertz CT molecular complexity index is 1160. The summed E-state index contributed by atoms with van der Waals surface area (Å²) < 4.78 is 7.69. The molecule has 0 aliphatic carbocycles. The lowest BCUT2D eigenvalue weighted by Gasteiger charge is -2.08. The number of ether oxygens (including phenoxy) is 1. The second kappa shape index (κ2) is 7.32. The lowest BCUT2D eigenvalue weighted by molar-refractivity contribution is 0.271. The minimum atomic E-state index is -0.144. The second-order valence-electron chi connectivity index (χ2n) is 6.69. The molecule has 0 amide bonds. The molecule has 4 rings (SSSR count). The molecule has 0 saturated heterocycles. The maximum atomic E-state index is 12.6. The van der Waals surface area contributed by atoms with Crippen LogP contribution in [0.2, 0.25) is 0 Å². The Morgan fingerprint density at radius 3 is 2.52 bits per heavy atom. The van der Waals surface area contributed by atoms with Gasteiger partial charge in [0.1, 0.15) is 5.75 Å². The van der Waals surface area contributed by atoms with Gasteiger partial charge in [0.25, 0.3) is 5.56 Å². The molecular formula is C21H19N3O2S. The fraction of sp³-hybridized carbons (Fsp3) is 0.190. The third-order valence-electron chi connectivity index (χ3n) is 3.98. The quantitative estimate of drug-likeness (QED) is 0.535. The molecule has 0 aliphatic rings. The third kappa shape index (κ3) is 3.75. The van der Waals surface area contributed by atoms with Crippen molar-refractivity contribution >= 4 is 22.4 Å². The fourth-order valence-corrected chi connectivity index (χ4v) is 3.53. The zero-order valence-corrected chi connectivity index (χ0v) is 15.9. The lowest BCUT2D eigenvalue weighted by atomic mass is 10.2. The number of benzene rings is 2. The predicted octanol–water partition coefficient (Wildman–Crippen LogP) is 3.40. The number of rotatable bonds is 5. The summed E-state index contributed by atoms with van der Waals surface area (Å²) in [5.41, 5.74) is 1.70. The summed E-state index contributed by atoms with van der Waals surface area (Å²) in [4.78, 5) is 17.7. The highest BCUT2D eigenvalue weighted by Gasteiger charge is 2.12. The summed E-state index contributed by atoms with van der Waals surface area (Å²) in [6.07, 6.45) is 1.86. The van der Waals surface area contributed by atoms with Gasteiger partial charge in [-0.25, -0.2) is 0 Å². The molecule has 136 valence electrons. The first-order chi connectivity index (χ1) is 13.1. The van der Waals surface area contributed by atoms with Crippen molar-refractivity contribution in [3.8, 4) is 17.1 Å².